The highest BCUT2D eigenvalue weighted by Gasteiger charge is 2.17. The zero-order valence-electron chi connectivity index (χ0n) is 23.7. The summed E-state index contributed by atoms with van der Waals surface area (Å²) in [5, 5.41) is 5.20. The third-order valence-electron chi connectivity index (χ3n) is 6.50. The maximum absolute atomic E-state index is 13.0. The monoisotopic (exact) mass is 552 g/mol. The SMILES string of the molecule is CC(=O)Nc1ccc(/C=C/C(=O)NCC(=O)N(C)c2ccc(C)c(COc3cccc4ncc(C)nc34)c2C)cn1. The molecular weight excluding hydrogens is 520 g/mol. The van der Waals surface area contributed by atoms with Crippen LogP contribution in [-0.4, -0.2) is 46.3 Å². The number of aryl methyl sites for hydroxylation is 2. The number of anilines is 2. The molecule has 2 aromatic heterocycles. The molecule has 0 aliphatic heterocycles. The average molecular weight is 553 g/mol. The van der Waals surface area contributed by atoms with Crippen LogP contribution in [0, 0.1) is 20.8 Å². The number of likely N-dealkylation sites (N-methyl/N-ethyl adjacent to an activating group) is 1. The quantitative estimate of drug-likeness (QED) is 0.297. The van der Waals surface area contributed by atoms with Gasteiger partial charge in [0.15, 0.2) is 0 Å². The summed E-state index contributed by atoms with van der Waals surface area (Å²) in [6.07, 6.45) is 6.16. The molecule has 2 heterocycles. The topological polar surface area (TPSA) is 126 Å². The number of hydrogen-bond donors (Lipinski definition) is 2. The van der Waals surface area contributed by atoms with Crippen LogP contribution in [0.2, 0.25) is 0 Å². The van der Waals surface area contributed by atoms with Gasteiger partial charge in [-0.1, -0.05) is 12.1 Å². The first kappa shape index (κ1) is 28.9. The van der Waals surface area contributed by atoms with E-state index < -0.39 is 5.91 Å². The summed E-state index contributed by atoms with van der Waals surface area (Å²) in [6.45, 7) is 7.36. The zero-order chi connectivity index (χ0) is 29.5. The van der Waals surface area contributed by atoms with Crippen molar-refractivity contribution in [2.24, 2.45) is 0 Å². The summed E-state index contributed by atoms with van der Waals surface area (Å²) in [5.74, 6) is 0.161. The number of carbonyl (C=O) groups is 3. The molecule has 0 spiro atoms. The van der Waals surface area contributed by atoms with Crippen LogP contribution in [0.25, 0.3) is 17.1 Å². The third-order valence-corrected chi connectivity index (χ3v) is 6.50. The van der Waals surface area contributed by atoms with Crippen LogP contribution in [0.1, 0.15) is 34.9 Å². The zero-order valence-corrected chi connectivity index (χ0v) is 23.7. The molecular formula is C31H32N6O4. The number of ether oxygens (including phenoxy) is 1. The van der Waals surface area contributed by atoms with Crippen LogP contribution >= 0.6 is 0 Å². The van der Waals surface area contributed by atoms with Gasteiger partial charge < -0.3 is 20.3 Å². The summed E-state index contributed by atoms with van der Waals surface area (Å²) in [5.41, 5.74) is 6.57. The molecule has 210 valence electrons. The van der Waals surface area contributed by atoms with Gasteiger partial charge in [-0.15, -0.1) is 0 Å². The molecule has 3 amide bonds. The molecule has 0 saturated carbocycles. The van der Waals surface area contributed by atoms with Gasteiger partial charge in [-0.2, -0.15) is 0 Å². The number of benzene rings is 2. The third kappa shape index (κ3) is 7.30. The van der Waals surface area contributed by atoms with Crippen molar-refractivity contribution in [3.8, 4) is 5.75 Å². The van der Waals surface area contributed by atoms with Crippen LogP contribution in [0.5, 0.6) is 5.75 Å². The summed E-state index contributed by atoms with van der Waals surface area (Å²) >= 11 is 0. The Bertz CT molecular complexity index is 1630. The minimum atomic E-state index is -0.416. The van der Waals surface area contributed by atoms with Gasteiger partial charge in [0.05, 0.1) is 17.8 Å². The van der Waals surface area contributed by atoms with Crippen molar-refractivity contribution in [1.82, 2.24) is 20.3 Å². The van der Waals surface area contributed by atoms with Gasteiger partial charge in [-0.05, 0) is 79.4 Å². The first-order chi connectivity index (χ1) is 19.6. The highest BCUT2D eigenvalue weighted by atomic mass is 16.5. The normalized spacial score (nSPS) is 11.0. The van der Waals surface area contributed by atoms with E-state index in [-0.39, 0.29) is 18.4 Å². The summed E-state index contributed by atoms with van der Waals surface area (Å²) in [7, 11) is 1.68. The summed E-state index contributed by atoms with van der Waals surface area (Å²) < 4.78 is 6.19. The lowest BCUT2D eigenvalue weighted by atomic mass is 10.0. The highest BCUT2D eigenvalue weighted by Crippen LogP contribution is 2.28. The van der Waals surface area contributed by atoms with Gasteiger partial charge in [0.25, 0.3) is 0 Å². The molecule has 4 aromatic rings. The number of fused-ring (bicyclic) bond motifs is 1. The second-order valence-electron chi connectivity index (χ2n) is 9.59. The predicted octanol–water partition coefficient (Wildman–Crippen LogP) is 4.28. The second kappa shape index (κ2) is 12.8. The number of nitrogens with zero attached hydrogens (tertiary/aromatic N) is 4. The first-order valence-corrected chi connectivity index (χ1v) is 13.0. The Morgan fingerprint density at radius 1 is 1.00 bits per heavy atom. The van der Waals surface area contributed by atoms with Crippen molar-refractivity contribution in [3.63, 3.8) is 0 Å². The van der Waals surface area contributed by atoms with E-state index in [0.717, 1.165) is 33.6 Å². The fraction of sp³-hybridized carbons (Fsp3) is 0.226. The Hall–Kier alpha value is -5.12. The van der Waals surface area contributed by atoms with Crippen LogP contribution in [0.4, 0.5) is 11.5 Å². The molecule has 4 rings (SSSR count). The van der Waals surface area contributed by atoms with Gasteiger partial charge in [-0.3, -0.25) is 19.4 Å². The van der Waals surface area contributed by atoms with Gasteiger partial charge in [-0.25, -0.2) is 9.97 Å². The first-order valence-electron chi connectivity index (χ1n) is 13.0. The number of aromatic nitrogens is 3. The Labute approximate surface area is 238 Å². The molecule has 0 aliphatic carbocycles. The number of amides is 3. The molecule has 0 radical (unpaired) electrons. The van der Waals surface area contributed by atoms with Crippen LogP contribution in [0.3, 0.4) is 0 Å². The second-order valence-corrected chi connectivity index (χ2v) is 9.59. The van der Waals surface area contributed by atoms with Crippen LogP contribution in [-0.2, 0) is 21.0 Å². The van der Waals surface area contributed by atoms with E-state index >= 15 is 0 Å². The van der Waals surface area contributed by atoms with E-state index in [1.54, 1.807) is 31.5 Å². The Kier molecular flexibility index (Phi) is 9.03. The van der Waals surface area contributed by atoms with E-state index in [2.05, 4.69) is 25.6 Å². The largest absolute Gasteiger partial charge is 0.487 e. The molecule has 10 heteroatoms. The van der Waals surface area contributed by atoms with Crippen molar-refractivity contribution >= 4 is 46.3 Å². The molecule has 2 N–H and O–H groups in total. The predicted molar refractivity (Wildman–Crippen MR) is 159 cm³/mol. The summed E-state index contributed by atoms with van der Waals surface area (Å²) in [4.78, 5) is 51.0. The average Bonchev–Trinajstić information content (AvgIpc) is 2.95. The maximum atomic E-state index is 13.0. The van der Waals surface area contributed by atoms with E-state index in [1.165, 1.54) is 24.1 Å². The van der Waals surface area contributed by atoms with Gasteiger partial charge in [0.2, 0.25) is 17.7 Å². The van der Waals surface area contributed by atoms with Crippen LogP contribution < -0.4 is 20.3 Å². The van der Waals surface area contributed by atoms with Crippen molar-refractivity contribution < 1.29 is 19.1 Å². The number of carbonyl (C=O) groups excluding carboxylic acids is 3. The lowest BCUT2D eigenvalue weighted by Gasteiger charge is -2.23. The molecule has 0 unspecified atom stereocenters. The minimum Gasteiger partial charge on any atom is -0.487 e. The highest BCUT2D eigenvalue weighted by molar-refractivity contribution is 5.99. The van der Waals surface area contributed by atoms with Crippen molar-refractivity contribution in [1.29, 1.82) is 0 Å². The minimum absolute atomic E-state index is 0.174. The number of pyridine rings is 1. The standard InChI is InChI=1S/C31H32N6O4/c1-19-9-12-26(21(3)24(19)18-41-27-8-6-7-25-31(27)35-20(2)15-32-25)37(5)30(40)17-34-29(39)14-11-23-10-13-28(33-16-23)36-22(4)38/h6-16H,17-18H2,1-5H3,(H,34,39)(H,33,36,38)/b14-11+. The molecule has 41 heavy (non-hydrogen) atoms. The lowest BCUT2D eigenvalue weighted by Crippen LogP contribution is -2.38. The number of para-hydroxylation sites is 1. The fourth-order valence-electron chi connectivity index (χ4n) is 4.23. The van der Waals surface area contributed by atoms with Crippen molar-refractivity contribution in [2.75, 3.05) is 23.8 Å². The van der Waals surface area contributed by atoms with Crippen LogP contribution in [0.15, 0.2) is 60.9 Å². The van der Waals surface area contributed by atoms with E-state index in [1.807, 2.05) is 51.1 Å². The van der Waals surface area contributed by atoms with E-state index in [0.29, 0.717) is 29.3 Å². The Morgan fingerprint density at radius 3 is 2.54 bits per heavy atom. The number of hydrogen-bond acceptors (Lipinski definition) is 7. The van der Waals surface area contributed by atoms with Crippen molar-refractivity contribution in [3.05, 3.63) is 88.9 Å². The number of nitrogens with one attached hydrogen (secondary N) is 2. The van der Waals surface area contributed by atoms with Gasteiger partial charge in [0.1, 0.15) is 23.7 Å². The molecule has 2 aromatic carbocycles. The molecule has 0 atom stereocenters. The smallest absolute Gasteiger partial charge is 0.246 e. The lowest BCUT2D eigenvalue weighted by molar-refractivity contribution is -0.122. The fourth-order valence-corrected chi connectivity index (χ4v) is 4.23. The van der Waals surface area contributed by atoms with E-state index in [9.17, 15) is 14.4 Å². The molecule has 0 saturated heterocycles. The molecule has 0 bridgehead atoms. The van der Waals surface area contributed by atoms with Crippen molar-refractivity contribution in [2.45, 2.75) is 34.3 Å². The van der Waals surface area contributed by atoms with E-state index in [4.69, 9.17) is 4.74 Å². The molecule has 0 fully saturated rings. The number of rotatable bonds is 9. The maximum Gasteiger partial charge on any atom is 0.246 e. The van der Waals surface area contributed by atoms with Gasteiger partial charge >= 0.3 is 0 Å². The molecule has 0 aliphatic rings. The summed E-state index contributed by atoms with van der Waals surface area (Å²) in [6, 6.07) is 12.8. The van der Waals surface area contributed by atoms with Gasteiger partial charge in [0, 0.05) is 38.1 Å². The Balaban J connectivity index is 1.38. The molecule has 10 nitrogen and oxygen atoms in total. The Morgan fingerprint density at radius 2 is 1.80 bits per heavy atom.